The van der Waals surface area contributed by atoms with Crippen LogP contribution in [0.15, 0.2) is 42.6 Å². The second kappa shape index (κ2) is 4.18. The van der Waals surface area contributed by atoms with Crippen LogP contribution in [0.1, 0.15) is 16.7 Å². The number of benzene rings is 1. The molecule has 0 amide bonds. The summed E-state index contributed by atoms with van der Waals surface area (Å²) in [6.07, 6.45) is 1.73. The van der Waals surface area contributed by atoms with Crippen LogP contribution in [-0.4, -0.2) is 10.1 Å². The molecule has 0 atom stereocenters. The minimum absolute atomic E-state index is 0.0491. The Kier molecular flexibility index (Phi) is 2.53. The fourth-order valence-corrected chi connectivity index (χ4v) is 2.19. The number of hydrogen-bond donors (Lipinski definition) is 1. The lowest BCUT2D eigenvalue weighted by molar-refractivity contribution is 0.281. The molecule has 0 unspecified atom stereocenters. The van der Waals surface area contributed by atoms with Crippen molar-refractivity contribution in [1.29, 1.82) is 0 Å². The first-order valence-electron chi connectivity index (χ1n) is 5.74. The molecule has 0 radical (unpaired) electrons. The van der Waals surface area contributed by atoms with Crippen LogP contribution in [0.25, 0.3) is 0 Å². The van der Waals surface area contributed by atoms with Crippen molar-refractivity contribution in [1.82, 2.24) is 4.98 Å². The number of rotatable bonds is 2. The summed E-state index contributed by atoms with van der Waals surface area (Å²) in [4.78, 5) is 6.62. The van der Waals surface area contributed by atoms with Gasteiger partial charge in [0.1, 0.15) is 5.82 Å². The number of anilines is 1. The quantitative estimate of drug-likeness (QED) is 0.851. The van der Waals surface area contributed by atoms with E-state index in [1.165, 1.54) is 11.1 Å². The molecule has 1 aromatic heterocycles. The van der Waals surface area contributed by atoms with Crippen molar-refractivity contribution in [2.45, 2.75) is 19.7 Å². The van der Waals surface area contributed by atoms with Gasteiger partial charge in [-0.15, -0.1) is 0 Å². The number of pyridine rings is 1. The second-order valence-corrected chi connectivity index (χ2v) is 4.31. The second-order valence-electron chi connectivity index (χ2n) is 4.31. The van der Waals surface area contributed by atoms with E-state index < -0.39 is 0 Å². The first-order chi connectivity index (χ1) is 8.36. The molecule has 17 heavy (non-hydrogen) atoms. The van der Waals surface area contributed by atoms with Crippen molar-refractivity contribution in [3.8, 4) is 0 Å². The third-order valence-electron chi connectivity index (χ3n) is 3.16. The molecule has 3 nitrogen and oxygen atoms in total. The molecule has 86 valence electrons. The normalized spacial score (nSPS) is 13.8. The standard InChI is InChI=1S/C14H14N2O/c17-10-11-5-6-14(15-7-11)16-8-12-3-1-2-4-13(12)9-16/h1-7,17H,8-10H2. The smallest absolute Gasteiger partial charge is 0.129 e. The van der Waals surface area contributed by atoms with Gasteiger partial charge >= 0.3 is 0 Å². The van der Waals surface area contributed by atoms with Gasteiger partial charge in [0.25, 0.3) is 0 Å². The molecule has 0 fully saturated rings. The molecule has 0 aliphatic carbocycles. The summed E-state index contributed by atoms with van der Waals surface area (Å²) in [6, 6.07) is 12.4. The maximum Gasteiger partial charge on any atom is 0.129 e. The molecule has 2 aromatic rings. The van der Waals surface area contributed by atoms with Gasteiger partial charge in [-0.3, -0.25) is 0 Å². The summed E-state index contributed by atoms with van der Waals surface area (Å²) in [5.74, 6) is 0.971. The third kappa shape index (κ3) is 1.89. The Balaban J connectivity index is 1.83. The van der Waals surface area contributed by atoms with E-state index in [2.05, 4.69) is 34.1 Å². The molecule has 3 rings (SSSR count). The van der Waals surface area contributed by atoms with Gasteiger partial charge < -0.3 is 10.0 Å². The summed E-state index contributed by atoms with van der Waals surface area (Å²) in [5, 5.41) is 8.98. The van der Waals surface area contributed by atoms with Crippen LogP contribution in [0.2, 0.25) is 0 Å². The molecule has 1 aliphatic rings. The molecule has 0 bridgehead atoms. The first kappa shape index (κ1) is 10.3. The van der Waals surface area contributed by atoms with Crippen LogP contribution in [0, 0.1) is 0 Å². The highest BCUT2D eigenvalue weighted by Gasteiger charge is 2.18. The van der Waals surface area contributed by atoms with Crippen LogP contribution in [0.3, 0.4) is 0 Å². The van der Waals surface area contributed by atoms with Crippen molar-refractivity contribution in [3.05, 3.63) is 59.3 Å². The summed E-state index contributed by atoms with van der Waals surface area (Å²) >= 11 is 0. The van der Waals surface area contributed by atoms with Crippen molar-refractivity contribution >= 4 is 5.82 Å². The van der Waals surface area contributed by atoms with E-state index in [4.69, 9.17) is 5.11 Å². The summed E-state index contributed by atoms with van der Waals surface area (Å²) in [5.41, 5.74) is 3.60. The van der Waals surface area contributed by atoms with Crippen LogP contribution in [0.5, 0.6) is 0 Å². The Morgan fingerprint density at radius 2 is 1.76 bits per heavy atom. The maximum absolute atomic E-state index is 8.98. The van der Waals surface area contributed by atoms with E-state index in [1.54, 1.807) is 6.20 Å². The van der Waals surface area contributed by atoms with Gasteiger partial charge in [-0.2, -0.15) is 0 Å². The van der Waals surface area contributed by atoms with Crippen LogP contribution >= 0.6 is 0 Å². The molecule has 1 aliphatic heterocycles. The first-order valence-corrected chi connectivity index (χ1v) is 5.74. The zero-order chi connectivity index (χ0) is 11.7. The average molecular weight is 226 g/mol. The van der Waals surface area contributed by atoms with Crippen LogP contribution < -0.4 is 4.90 Å². The molecule has 3 heteroatoms. The minimum Gasteiger partial charge on any atom is -0.392 e. The summed E-state index contributed by atoms with van der Waals surface area (Å²) in [6.45, 7) is 1.89. The van der Waals surface area contributed by atoms with Crippen molar-refractivity contribution in [2.75, 3.05) is 4.90 Å². The fourth-order valence-electron chi connectivity index (χ4n) is 2.19. The molecule has 0 saturated carbocycles. The van der Waals surface area contributed by atoms with Crippen molar-refractivity contribution < 1.29 is 5.11 Å². The van der Waals surface area contributed by atoms with Crippen molar-refractivity contribution in [3.63, 3.8) is 0 Å². The predicted molar refractivity (Wildman–Crippen MR) is 66.5 cm³/mol. The van der Waals surface area contributed by atoms with Crippen LogP contribution in [0.4, 0.5) is 5.82 Å². The maximum atomic E-state index is 8.98. The highest BCUT2D eigenvalue weighted by molar-refractivity contribution is 5.47. The van der Waals surface area contributed by atoms with E-state index >= 15 is 0 Å². The Morgan fingerprint density at radius 3 is 2.29 bits per heavy atom. The third-order valence-corrected chi connectivity index (χ3v) is 3.16. The number of fused-ring (bicyclic) bond motifs is 1. The van der Waals surface area contributed by atoms with Crippen molar-refractivity contribution in [2.24, 2.45) is 0 Å². The summed E-state index contributed by atoms with van der Waals surface area (Å²) in [7, 11) is 0. The van der Waals surface area contributed by atoms with Gasteiger partial charge in [-0.25, -0.2) is 4.98 Å². The Hall–Kier alpha value is -1.87. The van der Waals surface area contributed by atoms with E-state index in [0.717, 1.165) is 24.5 Å². The monoisotopic (exact) mass is 226 g/mol. The number of aromatic nitrogens is 1. The number of hydrogen-bond acceptors (Lipinski definition) is 3. The molecular weight excluding hydrogens is 212 g/mol. The van der Waals surface area contributed by atoms with Gasteiger partial charge in [-0.05, 0) is 22.8 Å². The Morgan fingerprint density at radius 1 is 1.06 bits per heavy atom. The van der Waals surface area contributed by atoms with E-state index in [-0.39, 0.29) is 6.61 Å². The van der Waals surface area contributed by atoms with Gasteiger partial charge in [0.2, 0.25) is 0 Å². The molecule has 1 N–H and O–H groups in total. The molecule has 0 spiro atoms. The number of aliphatic hydroxyl groups excluding tert-OH is 1. The lowest BCUT2D eigenvalue weighted by Crippen LogP contribution is -2.15. The number of aliphatic hydroxyl groups is 1. The fraction of sp³-hybridized carbons (Fsp3) is 0.214. The Bertz CT molecular complexity index is 497. The lowest BCUT2D eigenvalue weighted by Gasteiger charge is -2.16. The number of nitrogens with zero attached hydrogens (tertiary/aromatic N) is 2. The zero-order valence-electron chi connectivity index (χ0n) is 9.50. The summed E-state index contributed by atoms with van der Waals surface area (Å²) < 4.78 is 0. The highest BCUT2D eigenvalue weighted by atomic mass is 16.3. The average Bonchev–Trinajstić information content (AvgIpc) is 2.82. The van der Waals surface area contributed by atoms with E-state index in [0.29, 0.717) is 0 Å². The van der Waals surface area contributed by atoms with Gasteiger partial charge in [0.15, 0.2) is 0 Å². The highest BCUT2D eigenvalue weighted by Crippen LogP contribution is 2.26. The lowest BCUT2D eigenvalue weighted by atomic mass is 10.1. The zero-order valence-corrected chi connectivity index (χ0v) is 9.50. The van der Waals surface area contributed by atoms with Gasteiger partial charge in [0.05, 0.1) is 6.61 Å². The van der Waals surface area contributed by atoms with E-state index in [1.807, 2.05) is 12.1 Å². The Labute approximate surface area is 100 Å². The predicted octanol–water partition coefficient (Wildman–Crippen LogP) is 2.09. The topological polar surface area (TPSA) is 36.4 Å². The molecule has 0 saturated heterocycles. The van der Waals surface area contributed by atoms with Gasteiger partial charge in [-0.1, -0.05) is 30.3 Å². The molecule has 1 aromatic carbocycles. The van der Waals surface area contributed by atoms with E-state index in [9.17, 15) is 0 Å². The molecule has 2 heterocycles. The van der Waals surface area contributed by atoms with Crippen LogP contribution in [-0.2, 0) is 19.7 Å². The minimum atomic E-state index is 0.0491. The van der Waals surface area contributed by atoms with Gasteiger partial charge in [0, 0.05) is 19.3 Å². The largest absolute Gasteiger partial charge is 0.392 e. The SMILES string of the molecule is OCc1ccc(N2Cc3ccccc3C2)nc1. The molecular formula is C14H14N2O.